The van der Waals surface area contributed by atoms with E-state index in [1.165, 1.54) is 4.57 Å². The molecule has 0 amide bonds. The fraction of sp³-hybridized carbons (Fsp3) is 0.214. The Kier molecular flexibility index (Phi) is 4.54. The Morgan fingerprint density at radius 3 is 2.57 bits per heavy atom. The number of nitrogens with one attached hydrogen (secondary N) is 1. The quantitative estimate of drug-likeness (QED) is 0.655. The van der Waals surface area contributed by atoms with Gasteiger partial charge in [0.25, 0.3) is 0 Å². The van der Waals surface area contributed by atoms with Gasteiger partial charge in [0.15, 0.2) is 16.2 Å². The van der Waals surface area contributed by atoms with Gasteiger partial charge >= 0.3 is 11.9 Å². The molecule has 0 saturated carbocycles. The van der Waals surface area contributed by atoms with Gasteiger partial charge in [-0.05, 0) is 24.7 Å². The molecule has 2 aromatic rings. The third-order valence-corrected chi connectivity index (χ3v) is 3.17. The first-order chi connectivity index (χ1) is 10.0. The number of carbonyl (C=O) groups is 2. The average Bonchev–Trinajstić information content (AvgIpc) is 2.78. The van der Waals surface area contributed by atoms with Gasteiger partial charge in [-0.2, -0.15) is 0 Å². The molecule has 0 aliphatic carbocycles. The number of hydrogen-bond donors (Lipinski definition) is 2. The monoisotopic (exact) mass is 306 g/mol. The van der Waals surface area contributed by atoms with Gasteiger partial charge in [0, 0.05) is 0 Å². The van der Waals surface area contributed by atoms with Crippen molar-refractivity contribution < 1.29 is 19.4 Å². The second kappa shape index (κ2) is 6.36. The van der Waals surface area contributed by atoms with E-state index in [4.69, 9.17) is 17.0 Å². The Hall–Kier alpha value is -2.41. The molecule has 0 bridgehead atoms. The Bertz CT molecular complexity index is 718. The summed E-state index contributed by atoms with van der Waals surface area (Å²) in [6.07, 6.45) is 0. The number of imidazole rings is 1. The number of H-pyrrole nitrogens is 1. The van der Waals surface area contributed by atoms with Gasteiger partial charge in [-0.1, -0.05) is 30.3 Å². The van der Waals surface area contributed by atoms with Crippen molar-refractivity contribution in [1.29, 1.82) is 0 Å². The highest BCUT2D eigenvalue weighted by atomic mass is 32.1. The first-order valence-corrected chi connectivity index (χ1v) is 6.72. The van der Waals surface area contributed by atoms with E-state index < -0.39 is 11.9 Å². The molecule has 2 rings (SSSR count). The molecule has 0 unspecified atom stereocenters. The Morgan fingerprint density at radius 2 is 2.00 bits per heavy atom. The van der Waals surface area contributed by atoms with E-state index >= 15 is 0 Å². The van der Waals surface area contributed by atoms with E-state index in [0.29, 0.717) is 0 Å². The van der Waals surface area contributed by atoms with Crippen LogP contribution in [0.25, 0.3) is 0 Å². The minimum absolute atomic E-state index is 0.0711. The second-order valence-electron chi connectivity index (χ2n) is 4.25. The molecule has 21 heavy (non-hydrogen) atoms. The molecule has 0 saturated heterocycles. The molecule has 0 spiro atoms. The highest BCUT2D eigenvalue weighted by molar-refractivity contribution is 7.71. The molecule has 0 radical (unpaired) electrons. The first kappa shape index (κ1) is 15.0. The highest BCUT2D eigenvalue weighted by Crippen LogP contribution is 2.14. The molecular formula is C14H14N2O4S. The number of esters is 1. The number of benzene rings is 1. The van der Waals surface area contributed by atoms with Crippen LogP contribution in [0.3, 0.4) is 0 Å². The largest absolute Gasteiger partial charge is 0.477 e. The number of carbonyl (C=O) groups excluding carboxylic acids is 1. The van der Waals surface area contributed by atoms with E-state index in [0.717, 1.165) is 5.56 Å². The number of aromatic amines is 1. The van der Waals surface area contributed by atoms with Crippen LogP contribution in [0.4, 0.5) is 0 Å². The maximum absolute atomic E-state index is 12.0. The maximum Gasteiger partial charge on any atom is 0.357 e. The first-order valence-electron chi connectivity index (χ1n) is 6.31. The summed E-state index contributed by atoms with van der Waals surface area (Å²) in [6, 6.07) is 9.31. The number of carboxylic acids is 1. The molecule has 0 fully saturated rings. The van der Waals surface area contributed by atoms with Crippen LogP contribution in [-0.2, 0) is 11.3 Å². The molecule has 110 valence electrons. The lowest BCUT2D eigenvalue weighted by Gasteiger charge is -2.08. The van der Waals surface area contributed by atoms with Crippen LogP contribution in [0.2, 0.25) is 0 Å². The number of rotatable bonds is 5. The molecule has 1 aromatic heterocycles. The number of carboxylic acid groups (broad SMARTS) is 1. The Labute approximate surface area is 126 Å². The van der Waals surface area contributed by atoms with Crippen molar-refractivity contribution in [2.45, 2.75) is 13.5 Å². The number of aromatic carboxylic acids is 1. The number of ether oxygens (including phenoxy) is 1. The van der Waals surface area contributed by atoms with Gasteiger partial charge in [0.2, 0.25) is 0 Å². The van der Waals surface area contributed by atoms with Crippen LogP contribution >= 0.6 is 12.2 Å². The summed E-state index contributed by atoms with van der Waals surface area (Å²) in [6.45, 7) is 2.10. The third-order valence-electron chi connectivity index (χ3n) is 2.85. The lowest BCUT2D eigenvalue weighted by Crippen LogP contribution is -2.17. The topological polar surface area (TPSA) is 84.3 Å². The summed E-state index contributed by atoms with van der Waals surface area (Å²) < 4.78 is 6.52. The van der Waals surface area contributed by atoms with Crippen LogP contribution in [0.1, 0.15) is 33.5 Å². The average molecular weight is 306 g/mol. The van der Waals surface area contributed by atoms with Crippen molar-refractivity contribution in [3.63, 3.8) is 0 Å². The predicted molar refractivity (Wildman–Crippen MR) is 78.1 cm³/mol. The summed E-state index contributed by atoms with van der Waals surface area (Å²) in [4.78, 5) is 25.8. The molecular weight excluding hydrogens is 292 g/mol. The predicted octanol–water partition coefficient (Wildman–Crippen LogP) is 2.47. The summed E-state index contributed by atoms with van der Waals surface area (Å²) in [7, 11) is 0. The second-order valence-corrected chi connectivity index (χ2v) is 4.64. The van der Waals surface area contributed by atoms with E-state index in [9.17, 15) is 14.7 Å². The maximum atomic E-state index is 12.0. The van der Waals surface area contributed by atoms with Crippen molar-refractivity contribution in [3.05, 3.63) is 52.1 Å². The summed E-state index contributed by atoms with van der Waals surface area (Å²) in [5, 5.41) is 9.19. The van der Waals surface area contributed by atoms with Gasteiger partial charge in [-0.15, -0.1) is 0 Å². The highest BCUT2D eigenvalue weighted by Gasteiger charge is 2.25. The zero-order valence-corrected chi connectivity index (χ0v) is 12.1. The minimum atomic E-state index is -1.25. The smallest absolute Gasteiger partial charge is 0.357 e. The van der Waals surface area contributed by atoms with E-state index in [1.807, 2.05) is 30.3 Å². The van der Waals surface area contributed by atoms with Crippen molar-refractivity contribution in [1.82, 2.24) is 9.55 Å². The third kappa shape index (κ3) is 3.19. The number of nitrogens with zero attached hydrogens (tertiary/aromatic N) is 1. The van der Waals surface area contributed by atoms with Crippen LogP contribution in [0.15, 0.2) is 30.3 Å². The van der Waals surface area contributed by atoms with Gasteiger partial charge < -0.3 is 19.4 Å². The lowest BCUT2D eigenvalue weighted by molar-refractivity contribution is 0.0501. The van der Waals surface area contributed by atoms with Crippen LogP contribution in [0, 0.1) is 4.77 Å². The number of aromatic nitrogens is 2. The summed E-state index contributed by atoms with van der Waals surface area (Å²) >= 11 is 5.12. The Morgan fingerprint density at radius 1 is 1.33 bits per heavy atom. The molecule has 6 nitrogen and oxygen atoms in total. The van der Waals surface area contributed by atoms with Gasteiger partial charge in [0.05, 0.1) is 13.2 Å². The molecule has 7 heteroatoms. The zero-order valence-electron chi connectivity index (χ0n) is 11.3. The van der Waals surface area contributed by atoms with Gasteiger partial charge in [-0.3, -0.25) is 0 Å². The molecule has 0 atom stereocenters. The van der Waals surface area contributed by atoms with E-state index in [1.54, 1.807) is 6.92 Å². The molecule has 1 heterocycles. The molecule has 2 N–H and O–H groups in total. The lowest BCUT2D eigenvalue weighted by atomic mass is 10.2. The molecule has 0 aliphatic rings. The SMILES string of the molecule is CCOC(=O)c1c(C(=O)O)[nH]c(=S)n1Cc1ccccc1. The fourth-order valence-electron chi connectivity index (χ4n) is 1.95. The molecule has 0 aliphatic heterocycles. The van der Waals surface area contributed by atoms with Crippen molar-refractivity contribution in [2.75, 3.05) is 6.61 Å². The minimum Gasteiger partial charge on any atom is -0.477 e. The fourth-order valence-corrected chi connectivity index (χ4v) is 2.21. The molecule has 1 aromatic carbocycles. The summed E-state index contributed by atoms with van der Waals surface area (Å²) in [5.74, 6) is -1.96. The van der Waals surface area contributed by atoms with Gasteiger partial charge in [0.1, 0.15) is 0 Å². The normalized spacial score (nSPS) is 10.3. The van der Waals surface area contributed by atoms with Crippen molar-refractivity contribution >= 4 is 24.2 Å². The van der Waals surface area contributed by atoms with Crippen LogP contribution < -0.4 is 0 Å². The van der Waals surface area contributed by atoms with Crippen molar-refractivity contribution in [2.24, 2.45) is 0 Å². The number of hydrogen-bond acceptors (Lipinski definition) is 4. The van der Waals surface area contributed by atoms with Crippen LogP contribution in [0.5, 0.6) is 0 Å². The summed E-state index contributed by atoms with van der Waals surface area (Å²) in [5.41, 5.74) is 0.572. The van der Waals surface area contributed by atoms with Crippen LogP contribution in [-0.4, -0.2) is 33.2 Å². The Balaban J connectivity index is 2.51. The van der Waals surface area contributed by atoms with Crippen molar-refractivity contribution in [3.8, 4) is 0 Å². The standard InChI is InChI=1S/C14H14N2O4S/c1-2-20-13(19)11-10(12(17)18)15-14(21)16(11)8-9-6-4-3-5-7-9/h3-7H,2,8H2,1H3,(H,15,21)(H,17,18). The zero-order chi connectivity index (χ0) is 15.4. The van der Waals surface area contributed by atoms with Gasteiger partial charge in [-0.25, -0.2) is 9.59 Å². The van der Waals surface area contributed by atoms with E-state index in [-0.39, 0.29) is 29.3 Å². The van der Waals surface area contributed by atoms with E-state index in [2.05, 4.69) is 4.98 Å².